The van der Waals surface area contributed by atoms with E-state index < -0.39 is 0 Å². The molecular weight excluding hydrogens is 316 g/mol. The molecule has 0 atom stereocenters. The van der Waals surface area contributed by atoms with Gasteiger partial charge in [-0.15, -0.1) is 0 Å². The Morgan fingerprint density at radius 3 is 2.78 bits per heavy atom. The summed E-state index contributed by atoms with van der Waals surface area (Å²) in [6.45, 7) is 6.49. The maximum Gasteiger partial charge on any atom is 0.193 e. The minimum absolute atomic E-state index is 0.160. The van der Waals surface area contributed by atoms with E-state index in [1.54, 1.807) is 19.2 Å². The van der Waals surface area contributed by atoms with Crippen LogP contribution in [0.25, 0.3) is 0 Å². The number of aromatic nitrogens is 3. The van der Waals surface area contributed by atoms with Gasteiger partial charge in [0.15, 0.2) is 5.96 Å². The van der Waals surface area contributed by atoms with Gasteiger partial charge in [-0.25, -0.2) is 14.7 Å². The number of aliphatic imine (C=N–C) groups is 1. The maximum absolute atomic E-state index is 6.07. The van der Waals surface area contributed by atoms with Gasteiger partial charge in [-0.05, 0) is 39.0 Å². The number of benzene rings is 1. The molecule has 1 aromatic heterocycles. The molecule has 0 aliphatic carbocycles. The van der Waals surface area contributed by atoms with Crippen LogP contribution in [0.1, 0.15) is 26.6 Å². The van der Waals surface area contributed by atoms with Crippen LogP contribution in [0.4, 0.5) is 5.69 Å². The van der Waals surface area contributed by atoms with Gasteiger partial charge in [0, 0.05) is 5.69 Å². The van der Waals surface area contributed by atoms with E-state index in [1.165, 1.54) is 6.33 Å². The summed E-state index contributed by atoms with van der Waals surface area (Å²) in [5.74, 6) is 1.62. The average Bonchev–Trinajstić information content (AvgIpc) is 2.94. The monoisotopic (exact) mass is 336 g/mol. The van der Waals surface area contributed by atoms with Crippen LogP contribution in [-0.2, 0) is 12.1 Å². The molecule has 0 saturated heterocycles. The second kappa shape index (κ2) is 6.87. The minimum Gasteiger partial charge on any atom is -0.495 e. The third-order valence-corrected chi connectivity index (χ3v) is 3.36. The molecule has 3 N–H and O–H groups in total. The highest BCUT2D eigenvalue weighted by Crippen LogP contribution is 2.27. The van der Waals surface area contributed by atoms with E-state index in [1.807, 2.05) is 10.7 Å². The van der Waals surface area contributed by atoms with E-state index in [2.05, 4.69) is 41.2 Å². The topological polar surface area (TPSA) is 90.3 Å². The molecule has 0 spiro atoms. The van der Waals surface area contributed by atoms with Crippen LogP contribution in [0.15, 0.2) is 29.5 Å². The third-order valence-electron chi connectivity index (χ3n) is 3.07. The van der Waals surface area contributed by atoms with Crippen molar-refractivity contribution in [3.05, 3.63) is 35.4 Å². The van der Waals surface area contributed by atoms with Crippen molar-refractivity contribution in [2.24, 2.45) is 10.7 Å². The Balaban J connectivity index is 2.07. The summed E-state index contributed by atoms with van der Waals surface area (Å²) < 4.78 is 6.93. The van der Waals surface area contributed by atoms with Crippen molar-refractivity contribution in [2.75, 3.05) is 12.4 Å². The summed E-state index contributed by atoms with van der Waals surface area (Å²) in [5, 5.41) is 7.71. The molecular formula is C15H21ClN6O. The molecule has 7 nitrogen and oxygen atoms in total. The molecule has 23 heavy (non-hydrogen) atoms. The lowest BCUT2D eigenvalue weighted by molar-refractivity contribution is 0.342. The van der Waals surface area contributed by atoms with Gasteiger partial charge in [0.25, 0.3) is 0 Å². The molecule has 0 amide bonds. The predicted octanol–water partition coefficient (Wildman–Crippen LogP) is 2.62. The molecule has 0 aliphatic heterocycles. The summed E-state index contributed by atoms with van der Waals surface area (Å²) in [6, 6.07) is 5.29. The summed E-state index contributed by atoms with van der Waals surface area (Å²) in [5.41, 5.74) is 6.48. The Morgan fingerprint density at radius 2 is 2.17 bits per heavy atom. The zero-order valence-corrected chi connectivity index (χ0v) is 14.4. The molecule has 2 rings (SSSR count). The first-order valence-electron chi connectivity index (χ1n) is 7.11. The van der Waals surface area contributed by atoms with E-state index in [-0.39, 0.29) is 11.5 Å². The van der Waals surface area contributed by atoms with Crippen LogP contribution in [0.3, 0.4) is 0 Å². The quantitative estimate of drug-likeness (QED) is 0.661. The number of nitrogens with zero attached hydrogens (tertiary/aromatic N) is 4. The second-order valence-electron chi connectivity index (χ2n) is 5.93. The van der Waals surface area contributed by atoms with Crippen molar-refractivity contribution in [3.8, 4) is 5.75 Å². The third kappa shape index (κ3) is 4.35. The lowest BCUT2D eigenvalue weighted by Crippen LogP contribution is -2.26. The van der Waals surface area contributed by atoms with Gasteiger partial charge in [0.1, 0.15) is 24.4 Å². The lowest BCUT2D eigenvalue weighted by Gasteiger charge is -2.20. The van der Waals surface area contributed by atoms with Crippen molar-refractivity contribution in [1.29, 1.82) is 0 Å². The zero-order chi connectivity index (χ0) is 17.0. The van der Waals surface area contributed by atoms with Crippen LogP contribution < -0.4 is 15.8 Å². The summed E-state index contributed by atoms with van der Waals surface area (Å²) >= 11 is 6.07. The fourth-order valence-electron chi connectivity index (χ4n) is 2.02. The largest absolute Gasteiger partial charge is 0.495 e. The van der Waals surface area contributed by atoms with Gasteiger partial charge in [-0.3, -0.25) is 0 Å². The first-order valence-corrected chi connectivity index (χ1v) is 7.49. The number of hydrogen-bond donors (Lipinski definition) is 2. The Morgan fingerprint density at radius 1 is 1.43 bits per heavy atom. The van der Waals surface area contributed by atoms with E-state index in [9.17, 15) is 0 Å². The molecule has 0 radical (unpaired) electrons. The van der Waals surface area contributed by atoms with Gasteiger partial charge in [0.2, 0.25) is 0 Å². The molecule has 0 bridgehead atoms. The lowest BCUT2D eigenvalue weighted by atomic mass is 10.1. The number of hydrogen-bond acceptors (Lipinski definition) is 4. The second-order valence-corrected chi connectivity index (χ2v) is 6.34. The molecule has 0 fully saturated rings. The summed E-state index contributed by atoms with van der Waals surface area (Å²) in [4.78, 5) is 8.52. The number of nitrogens with one attached hydrogen (secondary N) is 1. The van der Waals surface area contributed by atoms with Crippen molar-refractivity contribution in [1.82, 2.24) is 14.8 Å². The standard InChI is InChI=1S/C15H21ClN6O/c1-15(2,3)22-13(19-9-20-22)8-18-14(17)21-10-5-6-12(23-4)11(16)7-10/h5-7,9H,8H2,1-4H3,(H3,17,18,21). The number of guanidine groups is 1. The van der Waals surface area contributed by atoms with E-state index in [0.717, 1.165) is 11.5 Å². The fraction of sp³-hybridized carbons (Fsp3) is 0.400. The number of nitrogens with two attached hydrogens (primary N) is 1. The van der Waals surface area contributed by atoms with Crippen LogP contribution in [0.5, 0.6) is 5.75 Å². The van der Waals surface area contributed by atoms with Crippen LogP contribution in [0.2, 0.25) is 5.02 Å². The summed E-state index contributed by atoms with van der Waals surface area (Å²) in [6.07, 6.45) is 1.52. The van der Waals surface area contributed by atoms with Crippen molar-refractivity contribution in [2.45, 2.75) is 32.9 Å². The number of rotatable bonds is 4. The molecule has 0 saturated carbocycles. The molecule has 0 unspecified atom stereocenters. The first-order chi connectivity index (χ1) is 10.8. The molecule has 124 valence electrons. The highest BCUT2D eigenvalue weighted by Gasteiger charge is 2.17. The normalized spacial score (nSPS) is 12.3. The minimum atomic E-state index is -0.160. The first kappa shape index (κ1) is 17.1. The smallest absolute Gasteiger partial charge is 0.193 e. The number of halogens is 1. The Bertz CT molecular complexity index is 704. The van der Waals surface area contributed by atoms with Crippen LogP contribution in [0, 0.1) is 0 Å². The maximum atomic E-state index is 6.07. The highest BCUT2D eigenvalue weighted by atomic mass is 35.5. The Hall–Kier alpha value is -2.28. The zero-order valence-electron chi connectivity index (χ0n) is 13.7. The highest BCUT2D eigenvalue weighted by molar-refractivity contribution is 6.32. The summed E-state index contributed by atoms with van der Waals surface area (Å²) in [7, 11) is 1.56. The SMILES string of the molecule is COc1ccc(NC(N)=NCc2ncnn2C(C)(C)C)cc1Cl. The molecule has 1 heterocycles. The predicted molar refractivity (Wildman–Crippen MR) is 92.0 cm³/mol. The van der Waals surface area contributed by atoms with E-state index in [4.69, 9.17) is 22.1 Å². The van der Waals surface area contributed by atoms with E-state index in [0.29, 0.717) is 17.3 Å². The van der Waals surface area contributed by atoms with Crippen molar-refractivity contribution < 1.29 is 4.74 Å². The molecule has 0 aliphatic rings. The van der Waals surface area contributed by atoms with Crippen molar-refractivity contribution in [3.63, 3.8) is 0 Å². The molecule has 8 heteroatoms. The van der Waals surface area contributed by atoms with Crippen molar-refractivity contribution >= 4 is 23.2 Å². The number of ether oxygens (including phenoxy) is 1. The fourth-order valence-corrected chi connectivity index (χ4v) is 2.28. The van der Waals surface area contributed by atoms with Gasteiger partial charge in [0.05, 0.1) is 17.7 Å². The van der Waals surface area contributed by atoms with Gasteiger partial charge >= 0.3 is 0 Å². The Labute approximate surface area is 140 Å². The molecule has 1 aromatic carbocycles. The van der Waals surface area contributed by atoms with Crippen LogP contribution >= 0.6 is 11.6 Å². The van der Waals surface area contributed by atoms with Gasteiger partial charge in [-0.1, -0.05) is 11.6 Å². The average molecular weight is 337 g/mol. The van der Waals surface area contributed by atoms with Gasteiger partial charge in [-0.2, -0.15) is 5.10 Å². The number of anilines is 1. The van der Waals surface area contributed by atoms with Gasteiger partial charge < -0.3 is 15.8 Å². The van der Waals surface area contributed by atoms with Crippen LogP contribution in [-0.4, -0.2) is 27.8 Å². The molecule has 2 aromatic rings. The van der Waals surface area contributed by atoms with E-state index >= 15 is 0 Å². The number of methoxy groups -OCH3 is 1. The Kier molecular flexibility index (Phi) is 5.10.